The van der Waals surface area contributed by atoms with Crippen LogP contribution in [0.3, 0.4) is 0 Å². The van der Waals surface area contributed by atoms with E-state index in [1.807, 2.05) is 30.3 Å². The molecule has 0 unspecified atom stereocenters. The largest absolute Gasteiger partial charge is 0.360 e. The van der Waals surface area contributed by atoms with Gasteiger partial charge in [-0.2, -0.15) is 0 Å². The topological polar surface area (TPSA) is 44.9 Å². The molecule has 3 nitrogen and oxygen atoms in total. The molecule has 0 atom stereocenters. The summed E-state index contributed by atoms with van der Waals surface area (Å²) < 4.78 is 0. The highest BCUT2D eigenvalue weighted by Crippen LogP contribution is 2.17. The number of benzene rings is 2. The standard InChI is InChI=1S/C18H18N2O/c1-13-5-4-6-14(11-13)9-10-19-18(21)16-12-20-17-8-3-2-7-15(16)17/h2-8,11-12,20H,9-10H2,1H3,(H,19,21). The van der Waals surface area contributed by atoms with Crippen LogP contribution < -0.4 is 5.32 Å². The molecule has 3 rings (SSSR count). The number of aromatic nitrogens is 1. The lowest BCUT2D eigenvalue weighted by atomic mass is 10.1. The van der Waals surface area contributed by atoms with Gasteiger partial charge in [0.2, 0.25) is 0 Å². The van der Waals surface area contributed by atoms with Crippen molar-refractivity contribution in [3.63, 3.8) is 0 Å². The number of para-hydroxylation sites is 1. The predicted molar refractivity (Wildman–Crippen MR) is 85.5 cm³/mol. The summed E-state index contributed by atoms with van der Waals surface area (Å²) in [5.41, 5.74) is 4.18. The van der Waals surface area contributed by atoms with Crippen molar-refractivity contribution >= 4 is 16.8 Å². The van der Waals surface area contributed by atoms with Gasteiger partial charge in [0, 0.05) is 23.6 Å². The number of hydrogen-bond acceptors (Lipinski definition) is 1. The van der Waals surface area contributed by atoms with E-state index in [0.717, 1.165) is 17.3 Å². The van der Waals surface area contributed by atoms with Crippen molar-refractivity contribution in [3.05, 3.63) is 71.4 Å². The Morgan fingerprint density at radius 3 is 2.86 bits per heavy atom. The van der Waals surface area contributed by atoms with E-state index in [1.165, 1.54) is 11.1 Å². The SMILES string of the molecule is Cc1cccc(CCNC(=O)c2c[nH]c3ccccc23)c1. The molecule has 0 aliphatic rings. The van der Waals surface area contributed by atoms with Gasteiger partial charge in [0.1, 0.15) is 0 Å². The van der Waals surface area contributed by atoms with Crippen LogP contribution >= 0.6 is 0 Å². The van der Waals surface area contributed by atoms with E-state index in [1.54, 1.807) is 6.20 Å². The molecule has 0 aliphatic heterocycles. The van der Waals surface area contributed by atoms with Gasteiger partial charge >= 0.3 is 0 Å². The van der Waals surface area contributed by atoms with E-state index in [2.05, 4.69) is 35.4 Å². The van der Waals surface area contributed by atoms with Crippen molar-refractivity contribution in [2.24, 2.45) is 0 Å². The first-order valence-corrected chi connectivity index (χ1v) is 7.14. The normalized spacial score (nSPS) is 10.7. The molecule has 0 saturated heterocycles. The van der Waals surface area contributed by atoms with E-state index in [9.17, 15) is 4.79 Å². The number of hydrogen-bond donors (Lipinski definition) is 2. The lowest BCUT2D eigenvalue weighted by Crippen LogP contribution is -2.25. The first-order valence-electron chi connectivity index (χ1n) is 7.14. The second kappa shape index (κ2) is 5.83. The Balaban J connectivity index is 1.64. The number of H-pyrrole nitrogens is 1. The third-order valence-corrected chi connectivity index (χ3v) is 3.62. The highest BCUT2D eigenvalue weighted by atomic mass is 16.1. The summed E-state index contributed by atoms with van der Waals surface area (Å²) in [6.07, 6.45) is 2.61. The average molecular weight is 278 g/mol. The number of rotatable bonds is 4. The molecule has 3 aromatic rings. The summed E-state index contributed by atoms with van der Waals surface area (Å²) in [6, 6.07) is 16.2. The fourth-order valence-corrected chi connectivity index (χ4v) is 2.54. The van der Waals surface area contributed by atoms with Crippen molar-refractivity contribution in [2.45, 2.75) is 13.3 Å². The van der Waals surface area contributed by atoms with E-state index < -0.39 is 0 Å². The van der Waals surface area contributed by atoms with E-state index >= 15 is 0 Å². The molecular formula is C18H18N2O. The van der Waals surface area contributed by atoms with Gasteiger partial charge in [-0.25, -0.2) is 0 Å². The number of aryl methyl sites for hydroxylation is 1. The summed E-state index contributed by atoms with van der Waals surface area (Å²) >= 11 is 0. The van der Waals surface area contributed by atoms with Crippen LogP contribution in [0.2, 0.25) is 0 Å². The van der Waals surface area contributed by atoms with Gasteiger partial charge in [0.15, 0.2) is 0 Å². The smallest absolute Gasteiger partial charge is 0.253 e. The molecule has 106 valence electrons. The first-order chi connectivity index (χ1) is 10.2. The second-order valence-corrected chi connectivity index (χ2v) is 5.24. The Morgan fingerprint density at radius 1 is 1.14 bits per heavy atom. The highest BCUT2D eigenvalue weighted by Gasteiger charge is 2.10. The molecule has 1 amide bonds. The second-order valence-electron chi connectivity index (χ2n) is 5.24. The first kappa shape index (κ1) is 13.4. The Bertz CT molecular complexity index is 773. The summed E-state index contributed by atoms with van der Waals surface area (Å²) in [7, 11) is 0. The minimum Gasteiger partial charge on any atom is -0.360 e. The van der Waals surface area contributed by atoms with Crippen molar-refractivity contribution < 1.29 is 4.79 Å². The Hall–Kier alpha value is -2.55. The maximum atomic E-state index is 12.2. The zero-order valence-electron chi connectivity index (χ0n) is 12.0. The van der Waals surface area contributed by atoms with Crippen LogP contribution in [0.5, 0.6) is 0 Å². The van der Waals surface area contributed by atoms with Gasteiger partial charge in [-0.15, -0.1) is 0 Å². The monoisotopic (exact) mass is 278 g/mol. The molecule has 1 aromatic heterocycles. The third-order valence-electron chi connectivity index (χ3n) is 3.62. The van der Waals surface area contributed by atoms with Crippen LogP contribution in [0.15, 0.2) is 54.7 Å². The summed E-state index contributed by atoms with van der Waals surface area (Å²) in [6.45, 7) is 2.72. The highest BCUT2D eigenvalue weighted by molar-refractivity contribution is 6.06. The molecule has 0 radical (unpaired) electrons. The predicted octanol–water partition coefficient (Wildman–Crippen LogP) is 3.45. The molecule has 0 bridgehead atoms. The molecule has 0 fully saturated rings. The quantitative estimate of drug-likeness (QED) is 0.754. The van der Waals surface area contributed by atoms with Gasteiger partial charge in [-0.3, -0.25) is 4.79 Å². The van der Waals surface area contributed by atoms with Crippen LogP contribution in [-0.4, -0.2) is 17.4 Å². The molecule has 0 aliphatic carbocycles. The lowest BCUT2D eigenvalue weighted by Gasteiger charge is -2.05. The van der Waals surface area contributed by atoms with Gasteiger partial charge < -0.3 is 10.3 Å². The summed E-state index contributed by atoms with van der Waals surface area (Å²) in [5.74, 6) is -0.0277. The van der Waals surface area contributed by atoms with E-state index in [-0.39, 0.29) is 5.91 Å². The lowest BCUT2D eigenvalue weighted by molar-refractivity contribution is 0.0956. The fourth-order valence-electron chi connectivity index (χ4n) is 2.54. The average Bonchev–Trinajstić information content (AvgIpc) is 2.91. The van der Waals surface area contributed by atoms with Gasteiger partial charge in [-0.1, -0.05) is 48.0 Å². The van der Waals surface area contributed by atoms with Crippen LogP contribution in [0.25, 0.3) is 10.9 Å². The molecule has 21 heavy (non-hydrogen) atoms. The van der Waals surface area contributed by atoms with Crippen molar-refractivity contribution in [1.82, 2.24) is 10.3 Å². The number of carbonyl (C=O) groups is 1. The van der Waals surface area contributed by atoms with Crippen LogP contribution in [0, 0.1) is 6.92 Å². The number of nitrogens with one attached hydrogen (secondary N) is 2. The number of fused-ring (bicyclic) bond motifs is 1. The molecule has 2 N–H and O–H groups in total. The number of carbonyl (C=O) groups excluding carboxylic acids is 1. The minimum absolute atomic E-state index is 0.0277. The summed E-state index contributed by atoms with van der Waals surface area (Å²) in [4.78, 5) is 15.4. The molecular weight excluding hydrogens is 260 g/mol. The molecule has 0 saturated carbocycles. The van der Waals surface area contributed by atoms with Gasteiger partial charge in [0.05, 0.1) is 5.56 Å². The molecule has 0 spiro atoms. The Kier molecular flexibility index (Phi) is 3.73. The van der Waals surface area contributed by atoms with Crippen molar-refractivity contribution in [3.8, 4) is 0 Å². The van der Waals surface area contributed by atoms with Crippen LogP contribution in [-0.2, 0) is 6.42 Å². The Morgan fingerprint density at radius 2 is 2.00 bits per heavy atom. The molecule has 2 aromatic carbocycles. The van der Waals surface area contributed by atoms with Gasteiger partial charge in [-0.05, 0) is 25.0 Å². The Labute approximate surface area is 124 Å². The zero-order valence-corrected chi connectivity index (χ0v) is 12.0. The molecule has 3 heteroatoms. The molecule has 1 heterocycles. The minimum atomic E-state index is -0.0277. The van der Waals surface area contributed by atoms with Crippen LogP contribution in [0.1, 0.15) is 21.5 Å². The number of amides is 1. The maximum Gasteiger partial charge on any atom is 0.253 e. The van der Waals surface area contributed by atoms with Crippen molar-refractivity contribution in [2.75, 3.05) is 6.54 Å². The summed E-state index contributed by atoms with van der Waals surface area (Å²) in [5, 5.41) is 3.95. The van der Waals surface area contributed by atoms with E-state index in [4.69, 9.17) is 0 Å². The maximum absolute atomic E-state index is 12.2. The van der Waals surface area contributed by atoms with Gasteiger partial charge in [0.25, 0.3) is 5.91 Å². The third kappa shape index (κ3) is 2.97. The van der Waals surface area contributed by atoms with Crippen molar-refractivity contribution in [1.29, 1.82) is 0 Å². The van der Waals surface area contributed by atoms with Crippen LogP contribution in [0.4, 0.5) is 0 Å². The zero-order chi connectivity index (χ0) is 14.7. The number of aromatic amines is 1. The fraction of sp³-hybridized carbons (Fsp3) is 0.167. The van der Waals surface area contributed by atoms with E-state index in [0.29, 0.717) is 12.1 Å².